The largest absolute Gasteiger partial charge is 0.335 e. The molecule has 20 heavy (non-hydrogen) atoms. The van der Waals surface area contributed by atoms with Crippen molar-refractivity contribution < 1.29 is 4.79 Å². The molecule has 1 aliphatic rings. The summed E-state index contributed by atoms with van der Waals surface area (Å²) < 4.78 is 2.08. The number of amides is 1. The topological polar surface area (TPSA) is 46.9 Å². The highest BCUT2D eigenvalue weighted by atomic mass is 35.5. The number of hydrogen-bond acceptors (Lipinski definition) is 2. The maximum atomic E-state index is 12.3. The van der Waals surface area contributed by atoms with Crippen molar-refractivity contribution in [3.63, 3.8) is 0 Å². The van der Waals surface area contributed by atoms with Crippen LogP contribution in [0.5, 0.6) is 0 Å². The summed E-state index contributed by atoms with van der Waals surface area (Å²) in [6.07, 6.45) is 5.13. The number of aryl methyl sites for hydroxylation is 1. The van der Waals surface area contributed by atoms with Gasteiger partial charge in [0.25, 0.3) is 0 Å². The highest BCUT2D eigenvalue weighted by molar-refractivity contribution is 6.39. The molecule has 1 N–H and O–H groups in total. The first kappa shape index (κ1) is 13.5. The van der Waals surface area contributed by atoms with Crippen molar-refractivity contribution >= 4 is 34.8 Å². The van der Waals surface area contributed by atoms with Gasteiger partial charge in [0.2, 0.25) is 5.91 Å². The number of para-hydroxylation sites is 1. The number of aromatic nitrogens is 2. The molecule has 1 aliphatic heterocycles. The summed E-state index contributed by atoms with van der Waals surface area (Å²) in [5.74, 6) is 0.785. The number of hydrogen-bond donors (Lipinski definition) is 1. The lowest BCUT2D eigenvalue weighted by molar-refractivity contribution is -0.120. The smallest absolute Gasteiger partial charge is 0.228 e. The van der Waals surface area contributed by atoms with Crippen LogP contribution >= 0.6 is 23.2 Å². The van der Waals surface area contributed by atoms with Crippen molar-refractivity contribution in [1.82, 2.24) is 9.55 Å². The van der Waals surface area contributed by atoms with Crippen LogP contribution in [0, 0.1) is 5.92 Å². The highest BCUT2D eigenvalue weighted by Gasteiger charge is 2.26. The van der Waals surface area contributed by atoms with Gasteiger partial charge in [-0.25, -0.2) is 4.98 Å². The van der Waals surface area contributed by atoms with E-state index in [2.05, 4.69) is 14.9 Å². The van der Waals surface area contributed by atoms with Crippen LogP contribution in [0.4, 0.5) is 5.69 Å². The Balaban J connectivity index is 1.75. The lowest BCUT2D eigenvalue weighted by Crippen LogP contribution is -2.30. The fourth-order valence-electron chi connectivity index (χ4n) is 2.42. The van der Waals surface area contributed by atoms with E-state index in [1.807, 2.05) is 6.20 Å². The lowest BCUT2D eigenvalue weighted by atomic mass is 9.97. The summed E-state index contributed by atoms with van der Waals surface area (Å²) >= 11 is 12.1. The minimum Gasteiger partial charge on any atom is -0.335 e. The van der Waals surface area contributed by atoms with Crippen LogP contribution < -0.4 is 5.32 Å². The number of nitrogens with one attached hydrogen (secondary N) is 1. The van der Waals surface area contributed by atoms with Gasteiger partial charge in [-0.05, 0) is 18.6 Å². The van der Waals surface area contributed by atoms with E-state index in [-0.39, 0.29) is 11.8 Å². The van der Waals surface area contributed by atoms with E-state index in [1.54, 1.807) is 24.4 Å². The summed E-state index contributed by atoms with van der Waals surface area (Å²) in [7, 11) is 0. The fourth-order valence-corrected chi connectivity index (χ4v) is 2.91. The second kappa shape index (κ2) is 5.46. The van der Waals surface area contributed by atoms with Gasteiger partial charge in [0.1, 0.15) is 5.82 Å². The number of halogens is 2. The predicted octanol–water partition coefficient (Wildman–Crippen LogP) is 3.39. The number of carbonyl (C=O) groups excluding carboxylic acids is 1. The number of benzene rings is 1. The second-order valence-corrected chi connectivity index (χ2v) is 5.63. The Morgan fingerprint density at radius 3 is 2.85 bits per heavy atom. The number of carbonyl (C=O) groups is 1. The summed E-state index contributed by atoms with van der Waals surface area (Å²) in [5.41, 5.74) is 0.481. The lowest BCUT2D eigenvalue weighted by Gasteiger charge is -2.23. The molecule has 1 aromatic carbocycles. The minimum absolute atomic E-state index is 0.0609. The summed E-state index contributed by atoms with van der Waals surface area (Å²) in [6, 6.07) is 5.16. The zero-order chi connectivity index (χ0) is 14.1. The molecule has 0 saturated heterocycles. The molecule has 1 unspecified atom stereocenters. The van der Waals surface area contributed by atoms with Crippen LogP contribution in [0.25, 0.3) is 0 Å². The fraction of sp³-hybridized carbons (Fsp3) is 0.286. The number of rotatable bonds is 2. The molecule has 2 heterocycles. The first-order chi connectivity index (χ1) is 9.65. The molecule has 0 radical (unpaired) electrons. The molecular weight excluding hydrogens is 297 g/mol. The monoisotopic (exact) mass is 309 g/mol. The van der Waals surface area contributed by atoms with Gasteiger partial charge in [-0.15, -0.1) is 0 Å². The van der Waals surface area contributed by atoms with Crippen LogP contribution in [0.1, 0.15) is 12.2 Å². The van der Waals surface area contributed by atoms with Gasteiger partial charge in [0.05, 0.1) is 15.7 Å². The zero-order valence-electron chi connectivity index (χ0n) is 10.6. The van der Waals surface area contributed by atoms with E-state index in [4.69, 9.17) is 23.2 Å². The normalized spacial score (nSPS) is 17.6. The summed E-state index contributed by atoms with van der Waals surface area (Å²) in [4.78, 5) is 16.6. The SMILES string of the molecule is O=C(Nc1c(Cl)cccc1Cl)C1CCn2ccnc2C1. The van der Waals surface area contributed by atoms with Gasteiger partial charge < -0.3 is 9.88 Å². The van der Waals surface area contributed by atoms with Crippen molar-refractivity contribution in [3.8, 4) is 0 Å². The number of imidazole rings is 1. The van der Waals surface area contributed by atoms with Crippen LogP contribution in [-0.2, 0) is 17.8 Å². The van der Waals surface area contributed by atoms with Gasteiger partial charge in [-0.3, -0.25) is 4.79 Å². The Bertz CT molecular complexity index is 633. The molecule has 0 bridgehead atoms. The third-order valence-corrected chi connectivity index (χ3v) is 4.16. The molecule has 0 aliphatic carbocycles. The molecule has 104 valence electrons. The summed E-state index contributed by atoms with van der Waals surface area (Å²) in [5, 5.41) is 3.73. The van der Waals surface area contributed by atoms with E-state index < -0.39 is 0 Å². The number of anilines is 1. The molecule has 0 saturated carbocycles. The average Bonchev–Trinajstić information content (AvgIpc) is 2.90. The van der Waals surface area contributed by atoms with Gasteiger partial charge in [-0.1, -0.05) is 29.3 Å². The van der Waals surface area contributed by atoms with E-state index in [9.17, 15) is 4.79 Å². The predicted molar refractivity (Wildman–Crippen MR) is 79.1 cm³/mol. The van der Waals surface area contributed by atoms with Gasteiger partial charge >= 0.3 is 0 Å². The molecule has 4 nitrogen and oxygen atoms in total. The quantitative estimate of drug-likeness (QED) is 0.924. The molecular formula is C14H13Cl2N3O. The Hall–Kier alpha value is -1.52. The standard InChI is InChI=1S/C14H13Cl2N3O/c15-10-2-1-3-11(16)13(10)18-14(20)9-4-6-19-7-5-17-12(19)8-9/h1-3,5,7,9H,4,6,8H2,(H,18,20). The highest BCUT2D eigenvalue weighted by Crippen LogP contribution is 2.31. The van der Waals surface area contributed by atoms with E-state index in [1.165, 1.54) is 0 Å². The van der Waals surface area contributed by atoms with Crippen molar-refractivity contribution in [2.24, 2.45) is 5.92 Å². The first-order valence-electron chi connectivity index (χ1n) is 6.40. The Labute approximate surface area is 126 Å². The first-order valence-corrected chi connectivity index (χ1v) is 7.15. The Morgan fingerprint density at radius 1 is 1.35 bits per heavy atom. The molecule has 6 heteroatoms. The average molecular weight is 310 g/mol. The van der Waals surface area contributed by atoms with Gasteiger partial charge in [0, 0.05) is 31.3 Å². The third kappa shape index (κ3) is 2.53. The molecule has 3 rings (SSSR count). The van der Waals surface area contributed by atoms with Crippen molar-refractivity contribution in [3.05, 3.63) is 46.5 Å². The maximum absolute atomic E-state index is 12.3. The van der Waals surface area contributed by atoms with Crippen LogP contribution in [0.2, 0.25) is 10.0 Å². The van der Waals surface area contributed by atoms with Gasteiger partial charge in [0.15, 0.2) is 0 Å². The summed E-state index contributed by atoms with van der Waals surface area (Å²) in [6.45, 7) is 0.809. The van der Waals surface area contributed by atoms with Crippen molar-refractivity contribution in [2.75, 3.05) is 5.32 Å². The van der Waals surface area contributed by atoms with Crippen molar-refractivity contribution in [2.45, 2.75) is 19.4 Å². The van der Waals surface area contributed by atoms with E-state index in [0.717, 1.165) is 18.8 Å². The van der Waals surface area contributed by atoms with E-state index in [0.29, 0.717) is 22.2 Å². The van der Waals surface area contributed by atoms with Gasteiger partial charge in [-0.2, -0.15) is 0 Å². The third-order valence-electron chi connectivity index (χ3n) is 3.53. The number of nitrogens with zero attached hydrogens (tertiary/aromatic N) is 2. The van der Waals surface area contributed by atoms with E-state index >= 15 is 0 Å². The zero-order valence-corrected chi connectivity index (χ0v) is 12.2. The number of fused-ring (bicyclic) bond motifs is 1. The van der Waals surface area contributed by atoms with Crippen LogP contribution in [0.3, 0.4) is 0 Å². The Morgan fingerprint density at radius 2 is 2.10 bits per heavy atom. The van der Waals surface area contributed by atoms with Crippen molar-refractivity contribution in [1.29, 1.82) is 0 Å². The van der Waals surface area contributed by atoms with Crippen LogP contribution in [-0.4, -0.2) is 15.5 Å². The second-order valence-electron chi connectivity index (χ2n) is 4.81. The molecule has 1 amide bonds. The molecule has 0 fully saturated rings. The minimum atomic E-state index is -0.0998. The van der Waals surface area contributed by atoms with Crippen LogP contribution in [0.15, 0.2) is 30.6 Å². The molecule has 0 spiro atoms. The Kier molecular flexibility index (Phi) is 3.68. The molecule has 1 aromatic heterocycles. The molecule has 1 atom stereocenters. The molecule has 2 aromatic rings. The maximum Gasteiger partial charge on any atom is 0.228 e.